The number of carboxylic acid groups (broad SMARTS) is 1. The second kappa shape index (κ2) is 6.59. The van der Waals surface area contributed by atoms with Crippen LogP contribution in [-0.4, -0.2) is 41.0 Å². The van der Waals surface area contributed by atoms with Crippen LogP contribution in [0.1, 0.15) is 39.0 Å². The van der Waals surface area contributed by atoms with Gasteiger partial charge >= 0.3 is 5.97 Å². The molecule has 0 saturated carbocycles. The summed E-state index contributed by atoms with van der Waals surface area (Å²) in [5.74, 6) is -0.346. The van der Waals surface area contributed by atoms with Gasteiger partial charge in [-0.15, -0.1) is 0 Å². The maximum Gasteiger partial charge on any atom is 0.303 e. The lowest BCUT2D eigenvalue weighted by molar-refractivity contribution is -0.137. The van der Waals surface area contributed by atoms with Crippen LogP contribution in [0.25, 0.3) is 0 Å². The predicted molar refractivity (Wildman–Crippen MR) is 64.4 cm³/mol. The van der Waals surface area contributed by atoms with Crippen LogP contribution in [0.4, 0.5) is 0 Å². The molecule has 1 aliphatic heterocycles. The van der Waals surface area contributed by atoms with E-state index in [4.69, 9.17) is 10.8 Å². The number of nitrogens with two attached hydrogens (primary N) is 1. The summed E-state index contributed by atoms with van der Waals surface area (Å²) in [6, 6.07) is -0.667. The van der Waals surface area contributed by atoms with Gasteiger partial charge in [0.2, 0.25) is 5.91 Å². The third-order valence-electron chi connectivity index (χ3n) is 3.31. The number of hydrogen-bond donors (Lipinski definition) is 2. The SMILES string of the molecule is CC1CCCN(C(=O)C(N)CCC(=O)O)CC1. The molecule has 1 aliphatic rings. The largest absolute Gasteiger partial charge is 0.481 e. The lowest BCUT2D eigenvalue weighted by atomic mass is 10.0. The normalized spacial score (nSPS) is 22.9. The van der Waals surface area contributed by atoms with E-state index in [0.29, 0.717) is 5.92 Å². The first-order valence-electron chi connectivity index (χ1n) is 6.27. The van der Waals surface area contributed by atoms with Crippen molar-refractivity contribution in [2.45, 2.75) is 45.1 Å². The highest BCUT2D eigenvalue weighted by atomic mass is 16.4. The molecule has 1 amide bonds. The quantitative estimate of drug-likeness (QED) is 0.764. The van der Waals surface area contributed by atoms with Crippen molar-refractivity contribution in [2.75, 3.05) is 13.1 Å². The maximum absolute atomic E-state index is 12.0. The number of carbonyl (C=O) groups is 2. The van der Waals surface area contributed by atoms with Crippen molar-refractivity contribution >= 4 is 11.9 Å². The number of aliphatic carboxylic acids is 1. The molecule has 0 aliphatic carbocycles. The molecular formula is C12H22N2O3. The first-order valence-corrected chi connectivity index (χ1v) is 6.27. The van der Waals surface area contributed by atoms with Crippen molar-refractivity contribution in [1.82, 2.24) is 4.90 Å². The number of carbonyl (C=O) groups excluding carboxylic acids is 1. The molecule has 0 bridgehead atoms. The van der Waals surface area contributed by atoms with Crippen LogP contribution in [-0.2, 0) is 9.59 Å². The molecule has 5 nitrogen and oxygen atoms in total. The molecule has 1 saturated heterocycles. The summed E-state index contributed by atoms with van der Waals surface area (Å²) in [6.45, 7) is 3.70. The number of rotatable bonds is 4. The van der Waals surface area contributed by atoms with E-state index in [-0.39, 0.29) is 18.7 Å². The van der Waals surface area contributed by atoms with Gasteiger partial charge in [0.25, 0.3) is 0 Å². The van der Waals surface area contributed by atoms with Gasteiger partial charge in [-0.3, -0.25) is 9.59 Å². The molecule has 0 aromatic heterocycles. The van der Waals surface area contributed by atoms with Crippen molar-refractivity contribution in [2.24, 2.45) is 11.7 Å². The predicted octanol–water partition coefficient (Wildman–Crippen LogP) is 0.827. The van der Waals surface area contributed by atoms with Crippen LogP contribution in [0.2, 0.25) is 0 Å². The number of amides is 1. The van der Waals surface area contributed by atoms with Crippen molar-refractivity contribution in [3.8, 4) is 0 Å². The Morgan fingerprint density at radius 1 is 1.41 bits per heavy atom. The number of hydrogen-bond acceptors (Lipinski definition) is 3. The third kappa shape index (κ3) is 4.73. The second-order valence-corrected chi connectivity index (χ2v) is 4.90. The lowest BCUT2D eigenvalue weighted by Gasteiger charge is -2.23. The number of carboxylic acids is 1. The second-order valence-electron chi connectivity index (χ2n) is 4.90. The van der Waals surface area contributed by atoms with Gasteiger partial charge in [-0.05, 0) is 31.6 Å². The molecular weight excluding hydrogens is 220 g/mol. The highest BCUT2D eigenvalue weighted by Crippen LogP contribution is 2.17. The van der Waals surface area contributed by atoms with Crippen LogP contribution < -0.4 is 5.73 Å². The van der Waals surface area contributed by atoms with Crippen LogP contribution in [0.3, 0.4) is 0 Å². The molecule has 1 heterocycles. The molecule has 5 heteroatoms. The van der Waals surface area contributed by atoms with Crippen LogP contribution in [0.15, 0.2) is 0 Å². The van der Waals surface area contributed by atoms with E-state index in [9.17, 15) is 9.59 Å². The van der Waals surface area contributed by atoms with Crippen molar-refractivity contribution in [1.29, 1.82) is 0 Å². The lowest BCUT2D eigenvalue weighted by Crippen LogP contribution is -2.44. The summed E-state index contributed by atoms with van der Waals surface area (Å²) >= 11 is 0. The Labute approximate surface area is 102 Å². The Morgan fingerprint density at radius 2 is 2.12 bits per heavy atom. The van der Waals surface area contributed by atoms with E-state index in [1.165, 1.54) is 0 Å². The summed E-state index contributed by atoms with van der Waals surface area (Å²) in [4.78, 5) is 24.2. The van der Waals surface area contributed by atoms with Gasteiger partial charge in [-0.1, -0.05) is 6.92 Å². The fraction of sp³-hybridized carbons (Fsp3) is 0.833. The van der Waals surface area contributed by atoms with E-state index < -0.39 is 12.0 Å². The van der Waals surface area contributed by atoms with E-state index in [2.05, 4.69) is 6.92 Å². The first-order chi connectivity index (χ1) is 8.00. The highest BCUT2D eigenvalue weighted by Gasteiger charge is 2.23. The Bertz CT molecular complexity index is 281. The van der Waals surface area contributed by atoms with Crippen molar-refractivity contribution in [3.05, 3.63) is 0 Å². The minimum atomic E-state index is -0.905. The molecule has 1 rings (SSSR count). The van der Waals surface area contributed by atoms with Crippen LogP contribution in [0.5, 0.6) is 0 Å². The van der Waals surface area contributed by atoms with E-state index in [1.54, 1.807) is 4.90 Å². The van der Waals surface area contributed by atoms with Gasteiger partial charge in [-0.2, -0.15) is 0 Å². The molecule has 3 N–H and O–H groups in total. The molecule has 1 fully saturated rings. The van der Waals surface area contributed by atoms with E-state index in [0.717, 1.165) is 32.4 Å². The Balaban J connectivity index is 2.42. The van der Waals surface area contributed by atoms with Gasteiger partial charge < -0.3 is 15.7 Å². The van der Waals surface area contributed by atoms with Gasteiger partial charge in [0.1, 0.15) is 0 Å². The van der Waals surface area contributed by atoms with Crippen molar-refractivity contribution in [3.63, 3.8) is 0 Å². The maximum atomic E-state index is 12.0. The summed E-state index contributed by atoms with van der Waals surface area (Å²) in [5.41, 5.74) is 5.73. The first kappa shape index (κ1) is 14.0. The Hall–Kier alpha value is -1.10. The zero-order valence-corrected chi connectivity index (χ0v) is 10.4. The molecule has 17 heavy (non-hydrogen) atoms. The molecule has 2 unspecified atom stereocenters. The minimum Gasteiger partial charge on any atom is -0.481 e. The van der Waals surface area contributed by atoms with Crippen LogP contribution in [0, 0.1) is 5.92 Å². The Kier molecular flexibility index (Phi) is 5.41. The zero-order valence-electron chi connectivity index (χ0n) is 10.4. The monoisotopic (exact) mass is 242 g/mol. The molecule has 0 aromatic carbocycles. The summed E-state index contributed by atoms with van der Waals surface area (Å²) in [5, 5.41) is 8.55. The molecule has 0 spiro atoms. The average molecular weight is 242 g/mol. The van der Waals surface area contributed by atoms with Gasteiger partial charge in [-0.25, -0.2) is 0 Å². The number of nitrogens with zero attached hydrogens (tertiary/aromatic N) is 1. The fourth-order valence-corrected chi connectivity index (χ4v) is 2.12. The van der Waals surface area contributed by atoms with Gasteiger partial charge in [0.15, 0.2) is 0 Å². The highest BCUT2D eigenvalue weighted by molar-refractivity contribution is 5.82. The smallest absolute Gasteiger partial charge is 0.303 e. The Morgan fingerprint density at radius 3 is 2.76 bits per heavy atom. The standard InChI is InChI=1S/C12H22N2O3/c1-9-3-2-7-14(8-6-9)12(17)10(13)4-5-11(15)16/h9-10H,2-8,13H2,1H3,(H,15,16). The summed E-state index contributed by atoms with van der Waals surface area (Å²) < 4.78 is 0. The molecule has 2 atom stereocenters. The number of likely N-dealkylation sites (tertiary alicyclic amines) is 1. The minimum absolute atomic E-state index is 0.0445. The molecule has 0 radical (unpaired) electrons. The summed E-state index contributed by atoms with van der Waals surface area (Å²) in [7, 11) is 0. The van der Waals surface area contributed by atoms with Crippen molar-refractivity contribution < 1.29 is 14.7 Å². The topological polar surface area (TPSA) is 83.6 Å². The van der Waals surface area contributed by atoms with Gasteiger partial charge in [0.05, 0.1) is 6.04 Å². The van der Waals surface area contributed by atoms with E-state index >= 15 is 0 Å². The van der Waals surface area contributed by atoms with E-state index in [1.807, 2.05) is 0 Å². The summed E-state index contributed by atoms with van der Waals surface area (Å²) in [6.07, 6.45) is 3.35. The fourth-order valence-electron chi connectivity index (χ4n) is 2.12. The zero-order chi connectivity index (χ0) is 12.8. The van der Waals surface area contributed by atoms with Crippen LogP contribution >= 0.6 is 0 Å². The molecule has 0 aromatic rings. The average Bonchev–Trinajstić information content (AvgIpc) is 2.49. The third-order valence-corrected chi connectivity index (χ3v) is 3.31. The molecule has 98 valence electrons. The van der Waals surface area contributed by atoms with Gasteiger partial charge in [0, 0.05) is 19.5 Å².